The number of hydrogen-bond donors (Lipinski definition) is 1. The van der Waals surface area contributed by atoms with Crippen molar-refractivity contribution in [3.05, 3.63) is 29.8 Å². The van der Waals surface area contributed by atoms with Crippen molar-refractivity contribution in [2.24, 2.45) is 0 Å². The molecule has 0 aromatic heterocycles. The number of nitrogens with one attached hydrogen (secondary N) is 1. The molecule has 1 aromatic carbocycles. The van der Waals surface area contributed by atoms with Crippen LogP contribution in [0.4, 0.5) is 5.69 Å². The van der Waals surface area contributed by atoms with Crippen molar-refractivity contribution in [2.75, 3.05) is 5.32 Å². The van der Waals surface area contributed by atoms with Gasteiger partial charge >= 0.3 is 0 Å². The largest absolute Gasteiger partial charge is 0.382 e. The van der Waals surface area contributed by atoms with E-state index in [9.17, 15) is 0 Å². The minimum atomic E-state index is 0.425. The lowest BCUT2D eigenvalue weighted by Gasteiger charge is -2.14. The maximum atomic E-state index is 8.87. The molecular formula is C12H16N2. The van der Waals surface area contributed by atoms with E-state index < -0.39 is 0 Å². The summed E-state index contributed by atoms with van der Waals surface area (Å²) in [5.41, 5.74) is 1.66. The van der Waals surface area contributed by atoms with E-state index in [4.69, 9.17) is 5.26 Å². The Kier molecular flexibility index (Phi) is 4.00. The van der Waals surface area contributed by atoms with E-state index in [2.05, 4.69) is 25.2 Å². The van der Waals surface area contributed by atoms with E-state index in [0.717, 1.165) is 24.1 Å². The highest BCUT2D eigenvalue weighted by atomic mass is 14.9. The summed E-state index contributed by atoms with van der Waals surface area (Å²) in [6.07, 6.45) is 2.28. The second-order valence-corrected chi connectivity index (χ2v) is 3.49. The summed E-state index contributed by atoms with van der Waals surface area (Å²) < 4.78 is 0. The highest BCUT2D eigenvalue weighted by Crippen LogP contribution is 2.15. The molecule has 0 radical (unpaired) electrons. The van der Waals surface area contributed by atoms with Gasteiger partial charge in [-0.2, -0.15) is 5.26 Å². The molecule has 1 rings (SSSR count). The van der Waals surface area contributed by atoms with Crippen molar-refractivity contribution in [1.29, 1.82) is 5.26 Å². The number of nitriles is 1. The molecule has 0 spiro atoms. The van der Waals surface area contributed by atoms with E-state index >= 15 is 0 Å². The number of benzene rings is 1. The number of hydrogen-bond acceptors (Lipinski definition) is 2. The van der Waals surface area contributed by atoms with Crippen molar-refractivity contribution in [1.82, 2.24) is 0 Å². The van der Waals surface area contributed by atoms with E-state index in [-0.39, 0.29) is 0 Å². The van der Waals surface area contributed by atoms with Crippen LogP contribution in [0.3, 0.4) is 0 Å². The van der Waals surface area contributed by atoms with Gasteiger partial charge in [-0.15, -0.1) is 0 Å². The van der Waals surface area contributed by atoms with Crippen LogP contribution < -0.4 is 5.32 Å². The van der Waals surface area contributed by atoms with Crippen molar-refractivity contribution in [3.8, 4) is 6.07 Å². The summed E-state index contributed by atoms with van der Waals surface area (Å²) in [4.78, 5) is 0. The Labute approximate surface area is 85.6 Å². The van der Waals surface area contributed by atoms with Crippen LogP contribution in [0.15, 0.2) is 24.3 Å². The average molecular weight is 188 g/mol. The van der Waals surface area contributed by atoms with Crippen LogP contribution in [0.25, 0.3) is 0 Å². The molecule has 0 saturated heterocycles. The first kappa shape index (κ1) is 10.6. The van der Waals surface area contributed by atoms with Crippen LogP contribution in [0, 0.1) is 11.3 Å². The fourth-order valence-corrected chi connectivity index (χ4v) is 1.48. The second kappa shape index (κ2) is 5.29. The normalized spacial score (nSPS) is 11.8. The van der Waals surface area contributed by atoms with Gasteiger partial charge in [0, 0.05) is 6.04 Å². The van der Waals surface area contributed by atoms with Gasteiger partial charge in [0.25, 0.3) is 0 Å². The quantitative estimate of drug-likeness (QED) is 0.787. The Balaban J connectivity index is 2.71. The van der Waals surface area contributed by atoms with E-state index in [1.807, 2.05) is 24.3 Å². The Morgan fingerprint density at radius 2 is 2.14 bits per heavy atom. The summed E-state index contributed by atoms with van der Waals surface area (Å²) in [7, 11) is 0. The lowest BCUT2D eigenvalue weighted by Crippen LogP contribution is -2.15. The summed E-state index contributed by atoms with van der Waals surface area (Å²) in [6, 6.07) is 10.2. The standard InChI is InChI=1S/C12H16N2/c1-3-6-10(2)14-12-8-5-4-7-11(12)9-13/h4-5,7-8,10,14H,3,6H2,1-2H3. The zero-order valence-corrected chi connectivity index (χ0v) is 8.75. The predicted octanol–water partition coefficient (Wildman–Crippen LogP) is 3.16. The van der Waals surface area contributed by atoms with Crippen LogP contribution in [-0.4, -0.2) is 6.04 Å². The van der Waals surface area contributed by atoms with Gasteiger partial charge in [0.05, 0.1) is 11.3 Å². The molecular weight excluding hydrogens is 172 g/mol. The van der Waals surface area contributed by atoms with Gasteiger partial charge in [-0.05, 0) is 25.5 Å². The Bertz CT molecular complexity index is 325. The third-order valence-corrected chi connectivity index (χ3v) is 2.17. The summed E-state index contributed by atoms with van der Waals surface area (Å²) in [5, 5.41) is 12.2. The fraction of sp³-hybridized carbons (Fsp3) is 0.417. The number of rotatable bonds is 4. The van der Waals surface area contributed by atoms with Crippen molar-refractivity contribution in [2.45, 2.75) is 32.7 Å². The van der Waals surface area contributed by atoms with Gasteiger partial charge in [-0.3, -0.25) is 0 Å². The number of para-hydroxylation sites is 1. The first-order valence-corrected chi connectivity index (χ1v) is 5.03. The lowest BCUT2D eigenvalue weighted by molar-refractivity contribution is 0.690. The van der Waals surface area contributed by atoms with Gasteiger partial charge in [0.15, 0.2) is 0 Å². The molecule has 74 valence electrons. The topological polar surface area (TPSA) is 35.8 Å². The van der Waals surface area contributed by atoms with Crippen LogP contribution in [0.2, 0.25) is 0 Å². The predicted molar refractivity (Wildman–Crippen MR) is 59.1 cm³/mol. The smallest absolute Gasteiger partial charge is 0.101 e. The molecule has 0 aliphatic heterocycles. The van der Waals surface area contributed by atoms with E-state index in [0.29, 0.717) is 6.04 Å². The molecule has 14 heavy (non-hydrogen) atoms. The van der Waals surface area contributed by atoms with Gasteiger partial charge < -0.3 is 5.32 Å². The van der Waals surface area contributed by atoms with Crippen molar-refractivity contribution < 1.29 is 0 Å². The number of nitrogens with zero attached hydrogens (tertiary/aromatic N) is 1. The molecule has 0 bridgehead atoms. The third-order valence-electron chi connectivity index (χ3n) is 2.17. The molecule has 0 amide bonds. The monoisotopic (exact) mass is 188 g/mol. The highest BCUT2D eigenvalue weighted by Gasteiger charge is 2.03. The van der Waals surface area contributed by atoms with Gasteiger partial charge in [0.2, 0.25) is 0 Å². The molecule has 1 unspecified atom stereocenters. The van der Waals surface area contributed by atoms with Crippen molar-refractivity contribution >= 4 is 5.69 Å². The fourth-order valence-electron chi connectivity index (χ4n) is 1.48. The third kappa shape index (κ3) is 2.77. The Hall–Kier alpha value is -1.49. The summed E-state index contributed by atoms with van der Waals surface area (Å²) in [5.74, 6) is 0. The SMILES string of the molecule is CCCC(C)Nc1ccccc1C#N. The molecule has 0 fully saturated rings. The first-order chi connectivity index (χ1) is 6.77. The van der Waals surface area contributed by atoms with Crippen LogP contribution in [-0.2, 0) is 0 Å². The molecule has 1 aromatic rings. The van der Waals surface area contributed by atoms with Crippen LogP contribution >= 0.6 is 0 Å². The average Bonchev–Trinajstić information content (AvgIpc) is 2.19. The molecule has 0 saturated carbocycles. The second-order valence-electron chi connectivity index (χ2n) is 3.49. The molecule has 2 heteroatoms. The minimum Gasteiger partial charge on any atom is -0.382 e. The molecule has 2 nitrogen and oxygen atoms in total. The van der Waals surface area contributed by atoms with Gasteiger partial charge in [-0.1, -0.05) is 25.5 Å². The summed E-state index contributed by atoms with van der Waals surface area (Å²) in [6.45, 7) is 4.30. The van der Waals surface area contributed by atoms with Crippen molar-refractivity contribution in [3.63, 3.8) is 0 Å². The zero-order chi connectivity index (χ0) is 10.4. The minimum absolute atomic E-state index is 0.425. The highest BCUT2D eigenvalue weighted by molar-refractivity contribution is 5.57. The molecule has 0 aliphatic rings. The summed E-state index contributed by atoms with van der Waals surface area (Å²) >= 11 is 0. The Morgan fingerprint density at radius 3 is 2.79 bits per heavy atom. The van der Waals surface area contributed by atoms with Gasteiger partial charge in [0.1, 0.15) is 6.07 Å². The van der Waals surface area contributed by atoms with Crippen LogP contribution in [0.1, 0.15) is 32.3 Å². The molecule has 0 aliphatic carbocycles. The molecule has 1 N–H and O–H groups in total. The number of anilines is 1. The molecule has 1 atom stereocenters. The Morgan fingerprint density at radius 1 is 1.43 bits per heavy atom. The maximum Gasteiger partial charge on any atom is 0.101 e. The first-order valence-electron chi connectivity index (χ1n) is 5.03. The zero-order valence-electron chi connectivity index (χ0n) is 8.75. The van der Waals surface area contributed by atoms with E-state index in [1.54, 1.807) is 0 Å². The van der Waals surface area contributed by atoms with Gasteiger partial charge in [-0.25, -0.2) is 0 Å². The van der Waals surface area contributed by atoms with Crippen LogP contribution in [0.5, 0.6) is 0 Å². The molecule has 0 heterocycles. The lowest BCUT2D eigenvalue weighted by atomic mass is 10.1. The maximum absolute atomic E-state index is 8.87. The van der Waals surface area contributed by atoms with E-state index in [1.165, 1.54) is 0 Å².